The van der Waals surface area contributed by atoms with Gasteiger partial charge in [-0.05, 0) is 61.8 Å². The van der Waals surface area contributed by atoms with E-state index in [2.05, 4.69) is 20.6 Å². The number of hydrogen-bond acceptors (Lipinski definition) is 3. The Labute approximate surface area is 165 Å². The minimum Gasteiger partial charge on any atom is -0.345 e. The number of imidazole rings is 1. The van der Waals surface area contributed by atoms with Gasteiger partial charge >= 0.3 is 0 Å². The van der Waals surface area contributed by atoms with E-state index >= 15 is 0 Å². The largest absolute Gasteiger partial charge is 0.345 e. The van der Waals surface area contributed by atoms with Crippen LogP contribution in [0.2, 0.25) is 0 Å². The minimum atomic E-state index is -0.522. The standard InChI is InChI=1S/C20H19FN4O2S/c1-10(11-4-6-14(7-5-11)23-18(26)12-2-3-12)22-19(27)15-8-13(21)9-16-17(15)25-20(28)24-16/h4-10,12H,2-3H2,1H3,(H,22,27)(H,23,26)(H2,24,25,28). The van der Waals surface area contributed by atoms with Crippen LogP contribution in [0.1, 0.15) is 41.7 Å². The van der Waals surface area contributed by atoms with Gasteiger partial charge in [0.25, 0.3) is 5.91 Å². The number of halogens is 1. The highest BCUT2D eigenvalue weighted by molar-refractivity contribution is 7.71. The molecule has 4 N–H and O–H groups in total. The van der Waals surface area contributed by atoms with Crippen LogP contribution in [-0.2, 0) is 4.79 Å². The summed E-state index contributed by atoms with van der Waals surface area (Å²) < 4.78 is 14.2. The van der Waals surface area contributed by atoms with Crippen LogP contribution in [0.15, 0.2) is 36.4 Å². The number of benzene rings is 2. The molecule has 1 aliphatic rings. The molecule has 0 spiro atoms. The van der Waals surface area contributed by atoms with E-state index in [1.54, 1.807) is 0 Å². The number of H-pyrrole nitrogens is 2. The maximum Gasteiger partial charge on any atom is 0.254 e. The molecule has 1 saturated carbocycles. The molecule has 1 fully saturated rings. The lowest BCUT2D eigenvalue weighted by atomic mass is 10.1. The maximum absolute atomic E-state index is 13.9. The first kappa shape index (κ1) is 18.4. The summed E-state index contributed by atoms with van der Waals surface area (Å²) in [5, 5.41) is 5.75. The molecule has 0 radical (unpaired) electrons. The van der Waals surface area contributed by atoms with Crippen molar-refractivity contribution in [2.75, 3.05) is 5.32 Å². The molecule has 0 bridgehead atoms. The Morgan fingerprint density at radius 1 is 1.18 bits per heavy atom. The lowest BCUT2D eigenvalue weighted by Gasteiger charge is -2.15. The summed E-state index contributed by atoms with van der Waals surface area (Å²) in [6.45, 7) is 1.84. The van der Waals surface area contributed by atoms with E-state index in [0.717, 1.165) is 24.1 Å². The number of aromatic nitrogens is 2. The third kappa shape index (κ3) is 3.82. The van der Waals surface area contributed by atoms with Crippen LogP contribution in [0, 0.1) is 16.5 Å². The summed E-state index contributed by atoms with van der Waals surface area (Å²) in [7, 11) is 0. The predicted molar refractivity (Wildman–Crippen MR) is 107 cm³/mol. The Hall–Kier alpha value is -3.00. The molecule has 1 aliphatic carbocycles. The van der Waals surface area contributed by atoms with Gasteiger partial charge in [0.2, 0.25) is 5.91 Å². The summed E-state index contributed by atoms with van der Waals surface area (Å²) >= 11 is 5.03. The van der Waals surface area contributed by atoms with E-state index in [0.29, 0.717) is 15.8 Å². The van der Waals surface area contributed by atoms with Crippen molar-refractivity contribution in [2.24, 2.45) is 5.92 Å². The van der Waals surface area contributed by atoms with Crippen LogP contribution in [0.4, 0.5) is 10.1 Å². The zero-order valence-corrected chi connectivity index (χ0v) is 16.0. The normalized spacial score (nSPS) is 14.6. The first-order chi connectivity index (χ1) is 13.4. The van der Waals surface area contributed by atoms with Crippen molar-refractivity contribution in [3.63, 3.8) is 0 Å². The number of amides is 2. The summed E-state index contributed by atoms with van der Waals surface area (Å²) in [4.78, 5) is 30.2. The predicted octanol–water partition coefficient (Wildman–Crippen LogP) is 4.20. The summed E-state index contributed by atoms with van der Waals surface area (Å²) in [5.41, 5.74) is 2.69. The molecular weight excluding hydrogens is 379 g/mol. The molecule has 144 valence electrons. The molecule has 4 rings (SSSR count). The average molecular weight is 398 g/mol. The SMILES string of the molecule is CC(NC(=O)c1cc(F)cc2[nH]c(=S)[nH]c12)c1ccc(NC(=O)C2CC2)cc1. The average Bonchev–Trinajstić information content (AvgIpc) is 3.43. The summed E-state index contributed by atoms with van der Waals surface area (Å²) in [6, 6.07) is 9.47. The molecule has 1 aromatic heterocycles. The van der Waals surface area contributed by atoms with Gasteiger partial charge in [0.1, 0.15) is 5.82 Å². The number of aromatic amines is 2. The summed E-state index contributed by atoms with van der Waals surface area (Å²) in [6.07, 6.45) is 1.90. The molecule has 3 aromatic rings. The van der Waals surface area contributed by atoms with Gasteiger partial charge in [-0.2, -0.15) is 0 Å². The van der Waals surface area contributed by atoms with Gasteiger partial charge < -0.3 is 20.6 Å². The zero-order valence-electron chi connectivity index (χ0n) is 15.1. The van der Waals surface area contributed by atoms with Crippen molar-refractivity contribution in [3.8, 4) is 0 Å². The lowest BCUT2D eigenvalue weighted by molar-refractivity contribution is -0.117. The third-order valence-corrected chi connectivity index (χ3v) is 5.01. The molecule has 1 unspecified atom stereocenters. The van der Waals surface area contributed by atoms with E-state index < -0.39 is 11.7 Å². The highest BCUT2D eigenvalue weighted by Gasteiger charge is 2.29. The molecule has 28 heavy (non-hydrogen) atoms. The van der Waals surface area contributed by atoms with Crippen molar-refractivity contribution in [1.82, 2.24) is 15.3 Å². The third-order valence-electron chi connectivity index (χ3n) is 4.81. The number of hydrogen-bond donors (Lipinski definition) is 4. The topological polar surface area (TPSA) is 89.8 Å². The van der Waals surface area contributed by atoms with E-state index in [4.69, 9.17) is 12.2 Å². The molecule has 1 heterocycles. The molecule has 2 amide bonds. The van der Waals surface area contributed by atoms with Crippen LogP contribution < -0.4 is 10.6 Å². The van der Waals surface area contributed by atoms with Crippen molar-refractivity contribution >= 4 is 40.8 Å². The minimum absolute atomic E-state index is 0.0492. The van der Waals surface area contributed by atoms with E-state index in [1.807, 2.05) is 31.2 Å². The lowest BCUT2D eigenvalue weighted by Crippen LogP contribution is -2.27. The molecule has 1 atom stereocenters. The Kier molecular flexibility index (Phi) is 4.72. The van der Waals surface area contributed by atoms with Crippen LogP contribution in [0.5, 0.6) is 0 Å². The second kappa shape index (κ2) is 7.20. The van der Waals surface area contributed by atoms with Gasteiger partial charge in [-0.1, -0.05) is 12.1 Å². The molecule has 0 saturated heterocycles. The molecule has 0 aliphatic heterocycles. The Bertz CT molecular complexity index is 1120. The van der Waals surface area contributed by atoms with Crippen molar-refractivity contribution in [3.05, 3.63) is 58.1 Å². The number of fused-ring (bicyclic) bond motifs is 1. The highest BCUT2D eigenvalue weighted by Crippen LogP contribution is 2.30. The van der Waals surface area contributed by atoms with Gasteiger partial charge in [-0.15, -0.1) is 0 Å². The Balaban J connectivity index is 1.48. The van der Waals surface area contributed by atoms with E-state index in [9.17, 15) is 14.0 Å². The second-order valence-corrected chi connectivity index (χ2v) is 7.44. The zero-order chi connectivity index (χ0) is 19.8. The quantitative estimate of drug-likeness (QED) is 0.486. The van der Waals surface area contributed by atoms with Crippen LogP contribution in [0.25, 0.3) is 11.0 Å². The van der Waals surface area contributed by atoms with Gasteiger partial charge in [0.05, 0.1) is 22.6 Å². The first-order valence-corrected chi connectivity index (χ1v) is 9.45. The smallest absolute Gasteiger partial charge is 0.254 e. The van der Waals surface area contributed by atoms with Gasteiger partial charge in [-0.3, -0.25) is 9.59 Å². The molecule has 8 heteroatoms. The molecule has 6 nitrogen and oxygen atoms in total. The molecule has 2 aromatic carbocycles. The Morgan fingerprint density at radius 2 is 1.89 bits per heavy atom. The monoisotopic (exact) mass is 398 g/mol. The van der Waals surface area contributed by atoms with Crippen molar-refractivity contribution in [1.29, 1.82) is 0 Å². The maximum atomic E-state index is 13.9. The number of rotatable bonds is 5. The van der Waals surface area contributed by atoms with Crippen LogP contribution in [0.3, 0.4) is 0 Å². The van der Waals surface area contributed by atoms with E-state index in [1.165, 1.54) is 12.1 Å². The number of anilines is 1. The van der Waals surface area contributed by atoms with Gasteiger partial charge in [0.15, 0.2) is 4.77 Å². The summed E-state index contributed by atoms with van der Waals surface area (Å²) in [5.74, 6) is -0.741. The number of carbonyl (C=O) groups is 2. The van der Waals surface area contributed by atoms with Crippen LogP contribution in [-0.4, -0.2) is 21.8 Å². The van der Waals surface area contributed by atoms with Crippen molar-refractivity contribution < 1.29 is 14.0 Å². The van der Waals surface area contributed by atoms with Crippen LogP contribution >= 0.6 is 12.2 Å². The fourth-order valence-corrected chi connectivity index (χ4v) is 3.30. The number of nitrogens with one attached hydrogen (secondary N) is 4. The van der Waals surface area contributed by atoms with E-state index in [-0.39, 0.29) is 23.4 Å². The fourth-order valence-electron chi connectivity index (χ4n) is 3.09. The molecular formula is C20H19FN4O2S. The fraction of sp³-hybridized carbons (Fsp3) is 0.250. The Morgan fingerprint density at radius 3 is 2.57 bits per heavy atom. The van der Waals surface area contributed by atoms with Gasteiger partial charge in [-0.25, -0.2) is 4.39 Å². The second-order valence-electron chi connectivity index (χ2n) is 7.04. The van der Waals surface area contributed by atoms with Crippen molar-refractivity contribution in [2.45, 2.75) is 25.8 Å². The van der Waals surface area contributed by atoms with Gasteiger partial charge in [0, 0.05) is 11.6 Å². The highest BCUT2D eigenvalue weighted by atomic mass is 32.1. The number of carbonyl (C=O) groups excluding carboxylic acids is 2. The first-order valence-electron chi connectivity index (χ1n) is 9.04.